The molecule has 38 heavy (non-hydrogen) atoms. The van der Waals surface area contributed by atoms with E-state index in [1.165, 1.54) is 12.1 Å². The number of thiophene rings is 1. The second-order valence-electron chi connectivity index (χ2n) is 10.3. The van der Waals surface area contributed by atoms with E-state index in [9.17, 15) is 18.3 Å². The molecule has 0 spiro atoms. The number of hydrogen-bond donors (Lipinski definition) is 2. The predicted molar refractivity (Wildman–Crippen MR) is 151 cm³/mol. The molecule has 0 unspecified atom stereocenters. The Kier molecular flexibility index (Phi) is 11.0. The van der Waals surface area contributed by atoms with Gasteiger partial charge in [0.25, 0.3) is 15.9 Å². The van der Waals surface area contributed by atoms with E-state index in [4.69, 9.17) is 9.47 Å². The Morgan fingerprint density at radius 2 is 2.00 bits per heavy atom. The number of anilines is 1. The first kappa shape index (κ1) is 30.4. The minimum atomic E-state index is -3.79. The first-order valence-electron chi connectivity index (χ1n) is 13.1. The summed E-state index contributed by atoms with van der Waals surface area (Å²) in [6.07, 6.45) is 2.36. The quantitative estimate of drug-likeness (QED) is 0.522. The van der Waals surface area contributed by atoms with Gasteiger partial charge in [0, 0.05) is 31.3 Å². The molecule has 0 fully saturated rings. The highest BCUT2D eigenvalue weighted by Gasteiger charge is 2.30. The highest BCUT2D eigenvalue weighted by Crippen LogP contribution is 2.30. The Labute approximate surface area is 230 Å². The Bertz CT molecular complexity index is 1140. The summed E-state index contributed by atoms with van der Waals surface area (Å²) in [6.45, 7) is 7.29. The Morgan fingerprint density at radius 1 is 1.24 bits per heavy atom. The van der Waals surface area contributed by atoms with E-state index in [0.717, 1.165) is 30.6 Å². The maximum absolute atomic E-state index is 14.0. The van der Waals surface area contributed by atoms with Gasteiger partial charge in [-0.3, -0.25) is 9.52 Å². The predicted octanol–water partition coefficient (Wildman–Crippen LogP) is 3.91. The number of nitrogens with one attached hydrogen (secondary N) is 1. The third-order valence-corrected chi connectivity index (χ3v) is 9.39. The van der Waals surface area contributed by atoms with E-state index < -0.39 is 16.1 Å². The van der Waals surface area contributed by atoms with Crippen LogP contribution in [0.15, 0.2) is 39.9 Å². The van der Waals surface area contributed by atoms with Crippen molar-refractivity contribution in [3.8, 4) is 5.75 Å². The molecule has 2 heterocycles. The number of sulfonamides is 1. The molecule has 0 radical (unpaired) electrons. The molecule has 1 aromatic heterocycles. The lowest BCUT2D eigenvalue weighted by Crippen LogP contribution is -2.47. The third kappa shape index (κ3) is 8.16. The smallest absolute Gasteiger partial charge is 0.271 e. The number of likely N-dealkylation sites (N-methyl/N-ethyl adjacent to an activating group) is 1. The molecule has 2 N–H and O–H groups in total. The van der Waals surface area contributed by atoms with Crippen molar-refractivity contribution in [3.63, 3.8) is 0 Å². The number of benzene rings is 1. The van der Waals surface area contributed by atoms with E-state index in [2.05, 4.69) is 16.5 Å². The fourth-order valence-electron chi connectivity index (χ4n) is 4.43. The molecule has 212 valence electrons. The summed E-state index contributed by atoms with van der Waals surface area (Å²) in [7, 11) is 0.195. The molecule has 9 nitrogen and oxygen atoms in total. The number of fused-ring (bicyclic) bond motifs is 1. The van der Waals surface area contributed by atoms with Crippen LogP contribution >= 0.6 is 11.3 Å². The number of nitrogens with zero attached hydrogens (tertiary/aromatic N) is 2. The van der Waals surface area contributed by atoms with Gasteiger partial charge in [0.2, 0.25) is 0 Å². The van der Waals surface area contributed by atoms with Crippen LogP contribution in [-0.2, 0) is 14.8 Å². The number of carbonyl (C=O) groups excluding carboxylic acids is 1. The number of carbonyl (C=O) groups is 1. The number of ether oxygens (including phenoxy) is 2. The summed E-state index contributed by atoms with van der Waals surface area (Å²) < 4.78 is 40.9. The first-order chi connectivity index (χ1) is 18.0. The lowest BCUT2D eigenvalue weighted by atomic mass is 10.0. The van der Waals surface area contributed by atoms with Crippen molar-refractivity contribution in [2.45, 2.75) is 62.5 Å². The van der Waals surface area contributed by atoms with E-state index >= 15 is 0 Å². The molecule has 0 saturated heterocycles. The van der Waals surface area contributed by atoms with Gasteiger partial charge in [-0.05, 0) is 76.9 Å². The second-order valence-corrected chi connectivity index (χ2v) is 13.2. The first-order valence-corrected chi connectivity index (χ1v) is 15.4. The molecule has 0 saturated carbocycles. The van der Waals surface area contributed by atoms with Crippen LogP contribution in [0.4, 0.5) is 5.69 Å². The number of aliphatic hydroxyl groups is 1. The number of rotatable bonds is 7. The van der Waals surface area contributed by atoms with Gasteiger partial charge in [-0.1, -0.05) is 13.0 Å². The van der Waals surface area contributed by atoms with Crippen molar-refractivity contribution < 1.29 is 27.8 Å². The van der Waals surface area contributed by atoms with Crippen molar-refractivity contribution in [1.82, 2.24) is 9.80 Å². The zero-order chi connectivity index (χ0) is 27.9. The molecular weight excluding hydrogens is 526 g/mol. The SMILES string of the molecule is C[C@H]1CCCCO[C@@H](CN(C)C)[C@@H](C)CN([C@@H](C)CO)C(=O)c2cc(NS(=O)(=O)c3cccs3)ccc2O1. The van der Waals surface area contributed by atoms with Gasteiger partial charge in [-0.2, -0.15) is 0 Å². The normalized spacial score (nSPS) is 22.9. The van der Waals surface area contributed by atoms with Gasteiger partial charge < -0.3 is 24.4 Å². The van der Waals surface area contributed by atoms with Crippen LogP contribution in [0.3, 0.4) is 0 Å². The van der Waals surface area contributed by atoms with E-state index in [1.54, 1.807) is 35.4 Å². The fraction of sp³-hybridized carbons (Fsp3) is 0.593. The minimum absolute atomic E-state index is 0.0119. The van der Waals surface area contributed by atoms with Gasteiger partial charge in [0.15, 0.2) is 0 Å². The lowest BCUT2D eigenvalue weighted by molar-refractivity contribution is -0.0137. The average molecular weight is 568 g/mol. The van der Waals surface area contributed by atoms with Crippen LogP contribution in [0.1, 0.15) is 50.4 Å². The van der Waals surface area contributed by atoms with Crippen molar-refractivity contribution in [3.05, 3.63) is 41.3 Å². The second kappa shape index (κ2) is 13.7. The minimum Gasteiger partial charge on any atom is -0.490 e. The Hall–Kier alpha value is -2.18. The summed E-state index contributed by atoms with van der Waals surface area (Å²) in [4.78, 5) is 17.7. The summed E-state index contributed by atoms with van der Waals surface area (Å²) in [6, 6.07) is 7.51. The van der Waals surface area contributed by atoms with E-state index in [1.807, 2.05) is 21.0 Å². The Balaban J connectivity index is 2.01. The maximum Gasteiger partial charge on any atom is 0.271 e. The maximum atomic E-state index is 14.0. The molecule has 1 aliphatic heterocycles. The standard InChI is InChI=1S/C27H41N3O6S2/c1-19-16-30(20(2)18-31)27(32)23-15-22(28-38(33,34)26-10-8-14-37-26)11-12-24(23)36-21(3)9-6-7-13-35-25(19)17-29(4)5/h8,10-12,14-15,19-21,25,28,31H,6-7,9,13,16-18H2,1-5H3/t19-,20-,21-,25-/m0/s1. The number of amides is 1. The van der Waals surface area contributed by atoms with Crippen molar-refractivity contribution >= 4 is 33.0 Å². The van der Waals surface area contributed by atoms with Gasteiger partial charge in [0.05, 0.1) is 30.4 Å². The topological polar surface area (TPSA) is 108 Å². The van der Waals surface area contributed by atoms with Crippen LogP contribution in [0.5, 0.6) is 5.75 Å². The molecule has 2 aromatic rings. The van der Waals surface area contributed by atoms with Crippen molar-refractivity contribution in [1.29, 1.82) is 0 Å². The van der Waals surface area contributed by atoms with Crippen LogP contribution in [0.25, 0.3) is 0 Å². The molecule has 0 aliphatic carbocycles. The summed E-state index contributed by atoms with van der Waals surface area (Å²) >= 11 is 1.12. The average Bonchev–Trinajstić information content (AvgIpc) is 3.42. The number of hydrogen-bond acceptors (Lipinski definition) is 8. The largest absolute Gasteiger partial charge is 0.490 e. The van der Waals surface area contributed by atoms with Crippen molar-refractivity contribution in [2.75, 3.05) is 45.1 Å². The summed E-state index contributed by atoms with van der Waals surface area (Å²) in [5, 5.41) is 11.7. The molecule has 1 aromatic carbocycles. The van der Waals surface area contributed by atoms with Crippen LogP contribution < -0.4 is 9.46 Å². The molecular formula is C27H41N3O6S2. The third-order valence-electron chi connectivity index (χ3n) is 6.61. The monoisotopic (exact) mass is 567 g/mol. The molecule has 0 bridgehead atoms. The number of aliphatic hydroxyl groups excluding tert-OH is 1. The van der Waals surface area contributed by atoms with Gasteiger partial charge in [-0.25, -0.2) is 8.42 Å². The van der Waals surface area contributed by atoms with E-state index in [0.29, 0.717) is 25.4 Å². The van der Waals surface area contributed by atoms with Crippen molar-refractivity contribution in [2.24, 2.45) is 5.92 Å². The van der Waals surface area contributed by atoms with Crippen LogP contribution in [0, 0.1) is 5.92 Å². The molecule has 11 heteroatoms. The van der Waals surface area contributed by atoms with E-state index in [-0.39, 0.29) is 46.1 Å². The lowest BCUT2D eigenvalue weighted by Gasteiger charge is -2.35. The summed E-state index contributed by atoms with van der Waals surface area (Å²) in [5.74, 6) is 0.0445. The zero-order valence-corrected chi connectivity index (χ0v) is 24.6. The molecule has 1 amide bonds. The zero-order valence-electron chi connectivity index (χ0n) is 22.9. The van der Waals surface area contributed by atoms with Gasteiger partial charge >= 0.3 is 0 Å². The molecule has 1 aliphatic rings. The van der Waals surface area contributed by atoms with Gasteiger partial charge in [-0.15, -0.1) is 11.3 Å². The highest BCUT2D eigenvalue weighted by molar-refractivity contribution is 7.94. The van der Waals surface area contributed by atoms with Gasteiger partial charge in [0.1, 0.15) is 9.96 Å². The van der Waals surface area contributed by atoms with Crippen LogP contribution in [-0.4, -0.2) is 87.9 Å². The highest BCUT2D eigenvalue weighted by atomic mass is 32.2. The molecule has 3 rings (SSSR count). The van der Waals surface area contributed by atoms with Crippen LogP contribution in [0.2, 0.25) is 0 Å². The summed E-state index contributed by atoms with van der Waals surface area (Å²) in [5.41, 5.74) is 0.513. The molecule has 4 atom stereocenters. The fourth-order valence-corrected chi connectivity index (χ4v) is 6.47. The Morgan fingerprint density at radius 3 is 2.66 bits per heavy atom.